The molecule has 0 spiro atoms. The number of hydrogen-bond acceptors (Lipinski definition) is 3. The van der Waals surface area contributed by atoms with Crippen LogP contribution in [0.5, 0.6) is 0 Å². The van der Waals surface area contributed by atoms with Crippen molar-refractivity contribution >= 4 is 11.8 Å². The first-order valence-electron chi connectivity index (χ1n) is 4.68. The van der Waals surface area contributed by atoms with E-state index >= 15 is 0 Å². The molecule has 0 aromatic carbocycles. The second-order valence-electron chi connectivity index (χ2n) is 3.48. The van der Waals surface area contributed by atoms with Gasteiger partial charge in [0.2, 0.25) is 0 Å². The quantitative estimate of drug-likeness (QED) is 0.733. The van der Waals surface area contributed by atoms with Crippen LogP contribution < -0.4 is 5.73 Å². The van der Waals surface area contributed by atoms with Crippen molar-refractivity contribution in [2.45, 2.75) is 37.5 Å². The first-order valence-corrected chi connectivity index (χ1v) is 5.73. The van der Waals surface area contributed by atoms with E-state index in [-0.39, 0.29) is 5.60 Å². The molecule has 0 amide bonds. The highest BCUT2D eigenvalue weighted by Gasteiger charge is 2.33. The summed E-state index contributed by atoms with van der Waals surface area (Å²) in [5, 5.41) is 0.783. The van der Waals surface area contributed by atoms with E-state index in [9.17, 15) is 0 Å². The van der Waals surface area contributed by atoms with Gasteiger partial charge in [0.15, 0.2) is 0 Å². The van der Waals surface area contributed by atoms with E-state index < -0.39 is 0 Å². The third-order valence-corrected chi connectivity index (χ3v) is 3.96. The zero-order chi connectivity index (χ0) is 9.03. The molecule has 2 N–H and O–H groups in total. The molecule has 1 aliphatic heterocycles. The standard InChI is InChI=1S/C9H19NOS/c1-3-11-9(6-10)5-4-8(2)12-7-9/h8H,3-7,10H2,1-2H3. The average Bonchev–Trinajstić information content (AvgIpc) is 2.10. The first-order chi connectivity index (χ1) is 5.72. The van der Waals surface area contributed by atoms with Gasteiger partial charge in [0.1, 0.15) is 0 Å². The lowest BCUT2D eigenvalue weighted by Gasteiger charge is -2.37. The van der Waals surface area contributed by atoms with Crippen LogP contribution in [0.3, 0.4) is 0 Å². The summed E-state index contributed by atoms with van der Waals surface area (Å²) >= 11 is 1.98. The van der Waals surface area contributed by atoms with E-state index in [0.717, 1.165) is 24.0 Å². The fourth-order valence-corrected chi connectivity index (χ4v) is 2.77. The molecular weight excluding hydrogens is 170 g/mol. The first kappa shape index (κ1) is 10.4. The molecule has 1 heterocycles. The van der Waals surface area contributed by atoms with Crippen molar-refractivity contribution in [2.75, 3.05) is 18.9 Å². The lowest BCUT2D eigenvalue weighted by atomic mass is 9.98. The van der Waals surface area contributed by atoms with Crippen LogP contribution in [0.15, 0.2) is 0 Å². The van der Waals surface area contributed by atoms with Gasteiger partial charge in [0.25, 0.3) is 0 Å². The van der Waals surface area contributed by atoms with Crippen LogP contribution in [-0.2, 0) is 4.74 Å². The average molecular weight is 189 g/mol. The smallest absolute Gasteiger partial charge is 0.0894 e. The fourth-order valence-electron chi connectivity index (χ4n) is 1.56. The number of hydrogen-bond donors (Lipinski definition) is 1. The summed E-state index contributed by atoms with van der Waals surface area (Å²) < 4.78 is 5.72. The normalized spacial score (nSPS) is 36.8. The van der Waals surface area contributed by atoms with Crippen molar-refractivity contribution in [3.63, 3.8) is 0 Å². The van der Waals surface area contributed by atoms with Crippen LogP contribution in [0.25, 0.3) is 0 Å². The Hall–Kier alpha value is 0.270. The lowest BCUT2D eigenvalue weighted by molar-refractivity contribution is -0.0234. The third kappa shape index (κ3) is 2.38. The number of ether oxygens (including phenoxy) is 1. The van der Waals surface area contributed by atoms with Gasteiger partial charge in [-0.2, -0.15) is 11.8 Å². The van der Waals surface area contributed by atoms with Crippen LogP contribution in [0.4, 0.5) is 0 Å². The van der Waals surface area contributed by atoms with Crippen molar-refractivity contribution in [2.24, 2.45) is 5.73 Å². The highest BCUT2D eigenvalue weighted by molar-refractivity contribution is 8.00. The van der Waals surface area contributed by atoms with Crippen molar-refractivity contribution in [1.82, 2.24) is 0 Å². The minimum Gasteiger partial charge on any atom is -0.373 e. The van der Waals surface area contributed by atoms with Gasteiger partial charge in [-0.1, -0.05) is 6.92 Å². The molecule has 3 heteroatoms. The van der Waals surface area contributed by atoms with Crippen LogP contribution in [0.1, 0.15) is 26.7 Å². The SMILES string of the molecule is CCOC1(CN)CCC(C)SC1. The Morgan fingerprint density at radius 2 is 2.42 bits per heavy atom. The molecule has 1 aliphatic rings. The molecule has 0 aliphatic carbocycles. The summed E-state index contributed by atoms with van der Waals surface area (Å²) in [5.41, 5.74) is 5.72. The minimum absolute atomic E-state index is 0.00801. The van der Waals surface area contributed by atoms with Gasteiger partial charge in [-0.05, 0) is 19.8 Å². The molecule has 1 rings (SSSR count). The summed E-state index contributed by atoms with van der Waals surface area (Å²) in [6.07, 6.45) is 2.37. The molecule has 1 fully saturated rings. The second kappa shape index (κ2) is 4.49. The van der Waals surface area contributed by atoms with Crippen molar-refractivity contribution in [1.29, 1.82) is 0 Å². The lowest BCUT2D eigenvalue weighted by Crippen LogP contribution is -2.46. The Labute approximate surface area is 79.2 Å². The van der Waals surface area contributed by atoms with Crippen LogP contribution >= 0.6 is 11.8 Å². The minimum atomic E-state index is -0.00801. The molecular formula is C9H19NOS. The Kier molecular flexibility index (Phi) is 3.87. The van der Waals surface area contributed by atoms with E-state index in [1.54, 1.807) is 0 Å². The van der Waals surface area contributed by atoms with Gasteiger partial charge in [-0.25, -0.2) is 0 Å². The molecule has 0 aromatic rings. The Balaban J connectivity index is 2.45. The van der Waals surface area contributed by atoms with Gasteiger partial charge < -0.3 is 10.5 Å². The second-order valence-corrected chi connectivity index (χ2v) is 4.91. The van der Waals surface area contributed by atoms with Gasteiger partial charge in [-0.15, -0.1) is 0 Å². The number of thioether (sulfide) groups is 1. The molecule has 0 aromatic heterocycles. The van der Waals surface area contributed by atoms with Crippen molar-refractivity contribution in [3.8, 4) is 0 Å². The van der Waals surface area contributed by atoms with E-state index in [0.29, 0.717) is 6.54 Å². The summed E-state index contributed by atoms with van der Waals surface area (Å²) in [5.74, 6) is 1.07. The van der Waals surface area contributed by atoms with Crippen molar-refractivity contribution < 1.29 is 4.74 Å². The van der Waals surface area contributed by atoms with Crippen LogP contribution in [-0.4, -0.2) is 29.8 Å². The molecule has 0 radical (unpaired) electrons. The largest absolute Gasteiger partial charge is 0.373 e. The molecule has 2 unspecified atom stereocenters. The summed E-state index contributed by atoms with van der Waals surface area (Å²) in [6.45, 7) is 5.77. The van der Waals surface area contributed by atoms with Gasteiger partial charge >= 0.3 is 0 Å². The fraction of sp³-hybridized carbons (Fsp3) is 1.00. The molecule has 2 atom stereocenters. The molecule has 0 bridgehead atoms. The molecule has 2 nitrogen and oxygen atoms in total. The van der Waals surface area contributed by atoms with Gasteiger partial charge in [0.05, 0.1) is 5.60 Å². The molecule has 0 saturated carbocycles. The Morgan fingerprint density at radius 1 is 1.67 bits per heavy atom. The topological polar surface area (TPSA) is 35.2 Å². The predicted molar refractivity (Wildman–Crippen MR) is 54.6 cm³/mol. The summed E-state index contributed by atoms with van der Waals surface area (Å²) in [6, 6.07) is 0. The predicted octanol–water partition coefficient (Wildman–Crippen LogP) is 1.64. The third-order valence-electron chi connectivity index (χ3n) is 2.46. The summed E-state index contributed by atoms with van der Waals surface area (Å²) in [7, 11) is 0. The molecule has 1 saturated heterocycles. The van der Waals surface area contributed by atoms with E-state index in [4.69, 9.17) is 10.5 Å². The maximum absolute atomic E-state index is 5.73. The Morgan fingerprint density at radius 3 is 2.83 bits per heavy atom. The summed E-state index contributed by atoms with van der Waals surface area (Å²) in [4.78, 5) is 0. The maximum Gasteiger partial charge on any atom is 0.0894 e. The Bertz CT molecular complexity index is 132. The van der Waals surface area contributed by atoms with E-state index in [1.165, 1.54) is 6.42 Å². The monoisotopic (exact) mass is 189 g/mol. The van der Waals surface area contributed by atoms with E-state index in [1.807, 2.05) is 18.7 Å². The van der Waals surface area contributed by atoms with Crippen molar-refractivity contribution in [3.05, 3.63) is 0 Å². The highest BCUT2D eigenvalue weighted by Crippen LogP contribution is 2.33. The number of nitrogens with two attached hydrogens (primary N) is 1. The van der Waals surface area contributed by atoms with E-state index in [2.05, 4.69) is 6.92 Å². The maximum atomic E-state index is 5.73. The van der Waals surface area contributed by atoms with Crippen LogP contribution in [0, 0.1) is 0 Å². The molecule has 72 valence electrons. The van der Waals surface area contributed by atoms with Gasteiger partial charge in [0, 0.05) is 24.2 Å². The molecule has 12 heavy (non-hydrogen) atoms. The van der Waals surface area contributed by atoms with Gasteiger partial charge in [-0.3, -0.25) is 0 Å². The van der Waals surface area contributed by atoms with Crippen LogP contribution in [0.2, 0.25) is 0 Å². The highest BCUT2D eigenvalue weighted by atomic mass is 32.2. The zero-order valence-corrected chi connectivity index (χ0v) is 8.82. The number of rotatable bonds is 3. The zero-order valence-electron chi connectivity index (χ0n) is 8.01.